The standard InChI is InChI=1S/C19H20ClIN4O/c1-23-7-9-24(10-8-23)13-3-5-16-17(12-13)25(19(21)22-16)14-4-6-18(26-2)15(20)11-14/h3-6,11-12H,7-10H2,1-2H3. The maximum absolute atomic E-state index is 6.34. The fourth-order valence-corrected chi connectivity index (χ4v) is 4.39. The number of hydrogen-bond acceptors (Lipinski definition) is 4. The number of imidazole rings is 1. The summed E-state index contributed by atoms with van der Waals surface area (Å²) < 4.78 is 8.32. The summed E-state index contributed by atoms with van der Waals surface area (Å²) in [6.45, 7) is 4.26. The molecule has 1 aliphatic rings. The molecule has 4 rings (SSSR count). The van der Waals surface area contributed by atoms with E-state index < -0.39 is 0 Å². The van der Waals surface area contributed by atoms with Gasteiger partial charge in [0, 0.05) is 60.1 Å². The molecule has 2 aromatic carbocycles. The van der Waals surface area contributed by atoms with Crippen LogP contribution in [0.2, 0.25) is 5.02 Å². The minimum absolute atomic E-state index is 0.595. The molecule has 1 aromatic heterocycles. The predicted octanol–water partition coefficient (Wildman–Crippen LogP) is 4.04. The number of anilines is 1. The lowest BCUT2D eigenvalue weighted by atomic mass is 10.2. The maximum atomic E-state index is 6.34. The number of piperazine rings is 1. The van der Waals surface area contributed by atoms with Crippen molar-refractivity contribution in [2.75, 3.05) is 45.2 Å². The summed E-state index contributed by atoms with van der Waals surface area (Å²) in [6.07, 6.45) is 0. The van der Waals surface area contributed by atoms with E-state index in [1.807, 2.05) is 18.2 Å². The van der Waals surface area contributed by atoms with Crippen molar-refractivity contribution in [3.63, 3.8) is 0 Å². The Kier molecular flexibility index (Phi) is 4.98. The number of halogens is 2. The van der Waals surface area contributed by atoms with Crippen LogP contribution in [0.25, 0.3) is 16.7 Å². The van der Waals surface area contributed by atoms with Crippen LogP contribution in [-0.2, 0) is 0 Å². The van der Waals surface area contributed by atoms with Crippen LogP contribution in [0.1, 0.15) is 0 Å². The number of likely N-dealkylation sites (N-methyl/N-ethyl adjacent to an activating group) is 1. The van der Waals surface area contributed by atoms with E-state index in [9.17, 15) is 0 Å². The van der Waals surface area contributed by atoms with Gasteiger partial charge in [-0.1, -0.05) is 11.6 Å². The van der Waals surface area contributed by atoms with E-state index in [-0.39, 0.29) is 0 Å². The third-order valence-electron chi connectivity index (χ3n) is 4.86. The molecule has 0 unspecified atom stereocenters. The fraction of sp³-hybridized carbons (Fsp3) is 0.316. The Balaban J connectivity index is 1.78. The second kappa shape index (κ2) is 7.25. The average Bonchev–Trinajstić information content (AvgIpc) is 2.97. The highest BCUT2D eigenvalue weighted by molar-refractivity contribution is 14.1. The van der Waals surface area contributed by atoms with E-state index in [4.69, 9.17) is 21.3 Å². The van der Waals surface area contributed by atoms with Crippen LogP contribution in [0.15, 0.2) is 36.4 Å². The van der Waals surface area contributed by atoms with Crippen LogP contribution in [0.5, 0.6) is 5.75 Å². The van der Waals surface area contributed by atoms with Crippen LogP contribution in [0.3, 0.4) is 0 Å². The van der Waals surface area contributed by atoms with Crippen molar-refractivity contribution >= 4 is 50.9 Å². The normalized spacial score (nSPS) is 15.6. The van der Waals surface area contributed by atoms with Gasteiger partial charge in [0.2, 0.25) is 0 Å². The number of hydrogen-bond donors (Lipinski definition) is 0. The van der Waals surface area contributed by atoms with Gasteiger partial charge in [-0.05, 0) is 43.4 Å². The molecule has 0 saturated carbocycles. The van der Waals surface area contributed by atoms with Crippen LogP contribution in [0.4, 0.5) is 5.69 Å². The van der Waals surface area contributed by atoms with Gasteiger partial charge in [0.1, 0.15) is 5.75 Å². The van der Waals surface area contributed by atoms with Gasteiger partial charge in [-0.15, -0.1) is 0 Å². The summed E-state index contributed by atoms with van der Waals surface area (Å²) in [5, 5.41) is 0.595. The molecule has 1 saturated heterocycles. The Labute approximate surface area is 171 Å². The molecule has 5 nitrogen and oxygen atoms in total. The van der Waals surface area contributed by atoms with Crippen molar-refractivity contribution in [2.45, 2.75) is 0 Å². The number of benzene rings is 2. The highest BCUT2D eigenvalue weighted by atomic mass is 127. The van der Waals surface area contributed by atoms with E-state index in [1.165, 1.54) is 5.69 Å². The first-order valence-electron chi connectivity index (χ1n) is 8.52. The van der Waals surface area contributed by atoms with Crippen LogP contribution < -0.4 is 9.64 Å². The molecule has 0 aliphatic carbocycles. The first-order chi connectivity index (χ1) is 12.6. The third-order valence-corrected chi connectivity index (χ3v) is 5.88. The van der Waals surface area contributed by atoms with Gasteiger partial charge in [0.15, 0.2) is 3.83 Å². The lowest BCUT2D eigenvalue weighted by Crippen LogP contribution is -2.44. The van der Waals surface area contributed by atoms with Crippen molar-refractivity contribution in [3.8, 4) is 11.4 Å². The maximum Gasteiger partial charge on any atom is 0.177 e. The molecule has 1 aliphatic heterocycles. The summed E-state index contributed by atoms with van der Waals surface area (Å²) in [6, 6.07) is 12.3. The van der Waals surface area contributed by atoms with Crippen molar-refractivity contribution in [2.24, 2.45) is 0 Å². The van der Waals surface area contributed by atoms with Crippen LogP contribution in [-0.4, -0.2) is 54.8 Å². The molecule has 2 heterocycles. The van der Waals surface area contributed by atoms with Gasteiger partial charge in [0.25, 0.3) is 0 Å². The Bertz CT molecular complexity index is 950. The summed E-state index contributed by atoms with van der Waals surface area (Å²) >= 11 is 8.62. The second-order valence-electron chi connectivity index (χ2n) is 6.50. The smallest absolute Gasteiger partial charge is 0.177 e. The van der Waals surface area contributed by atoms with Gasteiger partial charge in [0.05, 0.1) is 23.2 Å². The van der Waals surface area contributed by atoms with Gasteiger partial charge in [-0.3, -0.25) is 4.57 Å². The zero-order valence-corrected chi connectivity index (χ0v) is 17.7. The molecule has 7 heteroatoms. The minimum atomic E-state index is 0.595. The summed E-state index contributed by atoms with van der Waals surface area (Å²) in [5.41, 5.74) is 4.30. The lowest BCUT2D eigenvalue weighted by molar-refractivity contribution is 0.313. The Hall–Kier alpha value is -1.51. The number of ether oxygens (including phenoxy) is 1. The minimum Gasteiger partial charge on any atom is -0.495 e. The number of rotatable bonds is 3. The van der Waals surface area contributed by atoms with Crippen molar-refractivity contribution < 1.29 is 4.74 Å². The van der Waals surface area contributed by atoms with E-state index in [2.05, 4.69) is 62.2 Å². The monoisotopic (exact) mass is 482 g/mol. The van der Waals surface area contributed by atoms with Crippen molar-refractivity contribution in [1.82, 2.24) is 14.5 Å². The van der Waals surface area contributed by atoms with Crippen molar-refractivity contribution in [1.29, 1.82) is 0 Å². The number of nitrogens with zero attached hydrogens (tertiary/aromatic N) is 4. The molecule has 0 spiro atoms. The molecular weight excluding hydrogens is 463 g/mol. The quantitative estimate of drug-likeness (QED) is 0.528. The molecule has 136 valence electrons. The highest BCUT2D eigenvalue weighted by Crippen LogP contribution is 2.31. The zero-order valence-electron chi connectivity index (χ0n) is 14.7. The number of aromatic nitrogens is 2. The summed E-state index contributed by atoms with van der Waals surface area (Å²) in [4.78, 5) is 9.51. The largest absolute Gasteiger partial charge is 0.495 e. The third kappa shape index (κ3) is 3.25. The van der Waals surface area contributed by atoms with Gasteiger partial charge >= 0.3 is 0 Å². The van der Waals surface area contributed by atoms with E-state index in [0.29, 0.717) is 10.8 Å². The topological polar surface area (TPSA) is 33.5 Å². The second-order valence-corrected chi connectivity index (χ2v) is 7.87. The molecule has 26 heavy (non-hydrogen) atoms. The molecule has 0 amide bonds. The summed E-state index contributed by atoms with van der Waals surface area (Å²) in [7, 11) is 3.80. The zero-order chi connectivity index (χ0) is 18.3. The van der Waals surface area contributed by atoms with Gasteiger partial charge in [-0.25, -0.2) is 4.98 Å². The summed E-state index contributed by atoms with van der Waals surface area (Å²) in [5.74, 6) is 0.674. The molecule has 0 atom stereocenters. The Morgan fingerprint density at radius 3 is 2.46 bits per heavy atom. The first-order valence-corrected chi connectivity index (χ1v) is 9.98. The predicted molar refractivity (Wildman–Crippen MR) is 115 cm³/mol. The molecule has 1 fully saturated rings. The molecular formula is C19H20ClIN4O. The van der Waals surface area contributed by atoms with Gasteiger partial charge < -0.3 is 14.5 Å². The molecule has 0 radical (unpaired) electrons. The number of methoxy groups -OCH3 is 1. The van der Waals surface area contributed by atoms with E-state index >= 15 is 0 Å². The highest BCUT2D eigenvalue weighted by Gasteiger charge is 2.17. The Morgan fingerprint density at radius 2 is 1.77 bits per heavy atom. The first kappa shape index (κ1) is 17.9. The Morgan fingerprint density at radius 1 is 1.04 bits per heavy atom. The molecule has 0 N–H and O–H groups in total. The number of fused-ring (bicyclic) bond motifs is 1. The fourth-order valence-electron chi connectivity index (χ4n) is 3.34. The van der Waals surface area contributed by atoms with E-state index in [0.717, 1.165) is 46.7 Å². The van der Waals surface area contributed by atoms with Crippen LogP contribution in [0, 0.1) is 3.83 Å². The van der Waals surface area contributed by atoms with E-state index in [1.54, 1.807) is 7.11 Å². The van der Waals surface area contributed by atoms with Crippen LogP contribution >= 0.6 is 34.2 Å². The van der Waals surface area contributed by atoms with Crippen molar-refractivity contribution in [3.05, 3.63) is 45.3 Å². The SMILES string of the molecule is COc1ccc(-n2c(I)nc3ccc(N4CCN(C)CC4)cc32)cc1Cl. The lowest BCUT2D eigenvalue weighted by Gasteiger charge is -2.34. The van der Waals surface area contributed by atoms with Gasteiger partial charge in [-0.2, -0.15) is 0 Å². The average molecular weight is 483 g/mol. The molecule has 3 aromatic rings. The molecule has 0 bridgehead atoms.